The molecule has 31 heavy (non-hydrogen) atoms. The number of pyridine rings is 1. The Morgan fingerprint density at radius 3 is 2.52 bits per heavy atom. The lowest BCUT2D eigenvalue weighted by atomic mass is 10.1. The van der Waals surface area contributed by atoms with E-state index < -0.39 is 0 Å². The summed E-state index contributed by atoms with van der Waals surface area (Å²) in [5, 5.41) is 3.02. The van der Waals surface area contributed by atoms with Crippen molar-refractivity contribution in [2.24, 2.45) is 0 Å². The second-order valence-corrected chi connectivity index (χ2v) is 7.85. The van der Waals surface area contributed by atoms with E-state index in [1.165, 1.54) is 0 Å². The molecule has 3 N–H and O–H groups in total. The maximum atomic E-state index is 12.9. The number of amides is 1. The highest BCUT2D eigenvalue weighted by molar-refractivity contribution is 6.04. The van der Waals surface area contributed by atoms with Gasteiger partial charge >= 0.3 is 0 Å². The number of carbonyl (C=O) groups excluding carboxylic acids is 1. The summed E-state index contributed by atoms with van der Waals surface area (Å²) < 4.78 is 5.85. The van der Waals surface area contributed by atoms with Crippen LogP contribution in [0.4, 0.5) is 17.2 Å². The quantitative estimate of drug-likeness (QED) is 0.580. The van der Waals surface area contributed by atoms with Crippen molar-refractivity contribution in [3.63, 3.8) is 0 Å². The summed E-state index contributed by atoms with van der Waals surface area (Å²) in [7, 11) is 7.90. The SMILES string of the molecule is CN(C)Cc1cc(COc2cccnc2N)cc(NC(=O)c2cccc(N(C)C)c2)c1. The molecule has 0 bridgehead atoms. The van der Waals surface area contributed by atoms with E-state index >= 15 is 0 Å². The lowest BCUT2D eigenvalue weighted by Gasteiger charge is -2.16. The highest BCUT2D eigenvalue weighted by Gasteiger charge is 2.11. The zero-order valence-corrected chi connectivity index (χ0v) is 18.4. The van der Waals surface area contributed by atoms with Crippen LogP contribution < -0.4 is 20.7 Å². The van der Waals surface area contributed by atoms with Gasteiger partial charge in [-0.25, -0.2) is 4.98 Å². The van der Waals surface area contributed by atoms with Crippen LogP contribution in [0.5, 0.6) is 5.75 Å². The Kier molecular flexibility index (Phi) is 7.10. The summed E-state index contributed by atoms with van der Waals surface area (Å²) in [5.41, 5.74) is 10.2. The molecule has 0 spiro atoms. The molecule has 0 aliphatic heterocycles. The fourth-order valence-corrected chi connectivity index (χ4v) is 3.19. The average Bonchev–Trinajstić information content (AvgIpc) is 2.72. The van der Waals surface area contributed by atoms with Gasteiger partial charge in [0.25, 0.3) is 5.91 Å². The van der Waals surface area contributed by atoms with Crippen LogP contribution in [0.25, 0.3) is 0 Å². The van der Waals surface area contributed by atoms with Crippen molar-refractivity contribution in [2.75, 3.05) is 44.1 Å². The van der Waals surface area contributed by atoms with Crippen LogP contribution >= 0.6 is 0 Å². The smallest absolute Gasteiger partial charge is 0.255 e. The Labute approximate surface area is 183 Å². The molecule has 7 nitrogen and oxygen atoms in total. The minimum absolute atomic E-state index is 0.158. The number of anilines is 3. The maximum absolute atomic E-state index is 12.9. The zero-order chi connectivity index (χ0) is 22.4. The van der Waals surface area contributed by atoms with Crippen LogP contribution in [0.2, 0.25) is 0 Å². The largest absolute Gasteiger partial charge is 0.485 e. The van der Waals surface area contributed by atoms with E-state index in [9.17, 15) is 4.79 Å². The Balaban J connectivity index is 1.81. The summed E-state index contributed by atoms with van der Waals surface area (Å²) in [6.07, 6.45) is 1.62. The first-order valence-corrected chi connectivity index (χ1v) is 10.0. The molecule has 1 amide bonds. The van der Waals surface area contributed by atoms with Crippen LogP contribution in [-0.4, -0.2) is 44.0 Å². The number of hydrogen-bond acceptors (Lipinski definition) is 6. The van der Waals surface area contributed by atoms with E-state index in [1.807, 2.05) is 63.4 Å². The molecule has 3 rings (SSSR count). The molecule has 1 heterocycles. The molecule has 0 atom stereocenters. The summed E-state index contributed by atoms with van der Waals surface area (Å²) in [5.74, 6) is 0.724. The van der Waals surface area contributed by atoms with E-state index in [1.54, 1.807) is 24.4 Å². The van der Waals surface area contributed by atoms with Gasteiger partial charge in [0, 0.05) is 43.8 Å². The Morgan fingerprint density at radius 1 is 1.03 bits per heavy atom. The lowest BCUT2D eigenvalue weighted by molar-refractivity contribution is 0.102. The first-order valence-electron chi connectivity index (χ1n) is 10.0. The molecule has 1 aromatic heterocycles. The van der Waals surface area contributed by atoms with Crippen LogP contribution in [0, 0.1) is 0 Å². The number of nitrogens with zero attached hydrogens (tertiary/aromatic N) is 3. The van der Waals surface area contributed by atoms with Crippen LogP contribution in [-0.2, 0) is 13.2 Å². The van der Waals surface area contributed by atoms with Crippen molar-refractivity contribution >= 4 is 23.1 Å². The van der Waals surface area contributed by atoms with Gasteiger partial charge in [0.2, 0.25) is 0 Å². The highest BCUT2D eigenvalue weighted by atomic mass is 16.5. The highest BCUT2D eigenvalue weighted by Crippen LogP contribution is 2.22. The molecule has 7 heteroatoms. The fraction of sp³-hybridized carbons (Fsp3) is 0.250. The molecule has 0 saturated heterocycles. The molecule has 162 valence electrons. The summed E-state index contributed by atoms with van der Waals surface area (Å²) in [6.45, 7) is 1.05. The summed E-state index contributed by atoms with van der Waals surface area (Å²) in [4.78, 5) is 20.9. The normalized spacial score (nSPS) is 10.7. The standard InChI is InChI=1S/C24H29N5O2/c1-28(2)15-17-11-18(16-31-22-9-6-10-26-23(22)25)13-20(12-17)27-24(30)19-7-5-8-21(14-19)29(3)4/h5-14H,15-16H2,1-4H3,(H2,25,26)(H,27,30). The van der Waals surface area contributed by atoms with E-state index in [0.717, 1.165) is 29.0 Å². The fourth-order valence-electron chi connectivity index (χ4n) is 3.19. The number of nitrogen functional groups attached to an aromatic ring is 1. The van der Waals surface area contributed by atoms with Crippen LogP contribution in [0.1, 0.15) is 21.5 Å². The third-order valence-corrected chi connectivity index (χ3v) is 4.63. The Morgan fingerprint density at radius 2 is 1.81 bits per heavy atom. The molecule has 0 aliphatic carbocycles. The van der Waals surface area contributed by atoms with Crippen molar-refractivity contribution in [1.29, 1.82) is 0 Å². The van der Waals surface area contributed by atoms with Gasteiger partial charge in [-0.05, 0) is 67.7 Å². The number of nitrogens with one attached hydrogen (secondary N) is 1. The predicted octanol–water partition coefficient (Wildman–Crippen LogP) is 3.62. The first-order chi connectivity index (χ1) is 14.8. The van der Waals surface area contributed by atoms with Crippen LogP contribution in [0.15, 0.2) is 60.8 Å². The Hall–Kier alpha value is -3.58. The van der Waals surface area contributed by atoms with Crippen molar-refractivity contribution in [3.05, 3.63) is 77.5 Å². The number of nitrogens with two attached hydrogens (primary N) is 1. The molecule has 2 aromatic carbocycles. The van der Waals surface area contributed by atoms with Crippen molar-refractivity contribution in [1.82, 2.24) is 9.88 Å². The van der Waals surface area contributed by atoms with Crippen molar-refractivity contribution in [2.45, 2.75) is 13.2 Å². The second-order valence-electron chi connectivity index (χ2n) is 7.85. The number of benzene rings is 2. The number of ether oxygens (including phenoxy) is 1. The van der Waals surface area contributed by atoms with Crippen LogP contribution in [0.3, 0.4) is 0 Å². The van der Waals surface area contributed by atoms with E-state index in [-0.39, 0.29) is 5.91 Å². The number of rotatable bonds is 8. The van der Waals surface area contributed by atoms with Crippen molar-refractivity contribution < 1.29 is 9.53 Å². The first kappa shape index (κ1) is 22.1. The summed E-state index contributed by atoms with van der Waals surface area (Å²) >= 11 is 0. The number of hydrogen-bond donors (Lipinski definition) is 2. The minimum atomic E-state index is -0.158. The number of aromatic nitrogens is 1. The van der Waals surface area contributed by atoms with Gasteiger partial charge in [-0.15, -0.1) is 0 Å². The zero-order valence-electron chi connectivity index (χ0n) is 18.4. The molecular weight excluding hydrogens is 390 g/mol. The Bertz CT molecular complexity index is 1050. The van der Waals surface area contributed by atoms with E-state index in [0.29, 0.717) is 23.7 Å². The molecular formula is C24H29N5O2. The average molecular weight is 420 g/mol. The third-order valence-electron chi connectivity index (χ3n) is 4.63. The third kappa shape index (κ3) is 6.20. The maximum Gasteiger partial charge on any atom is 0.255 e. The second kappa shape index (κ2) is 9.95. The molecule has 0 fully saturated rings. The van der Waals surface area contributed by atoms with Gasteiger partial charge < -0.3 is 25.6 Å². The minimum Gasteiger partial charge on any atom is -0.485 e. The van der Waals surface area contributed by atoms with E-state index in [4.69, 9.17) is 10.5 Å². The van der Waals surface area contributed by atoms with Gasteiger partial charge in [-0.3, -0.25) is 4.79 Å². The van der Waals surface area contributed by atoms with Crippen molar-refractivity contribution in [3.8, 4) is 5.75 Å². The van der Waals surface area contributed by atoms with Gasteiger partial charge in [-0.1, -0.05) is 12.1 Å². The summed E-state index contributed by atoms with van der Waals surface area (Å²) in [6, 6.07) is 17.0. The lowest BCUT2D eigenvalue weighted by Crippen LogP contribution is -2.15. The topological polar surface area (TPSA) is 83.7 Å². The van der Waals surface area contributed by atoms with Gasteiger partial charge in [0.15, 0.2) is 11.6 Å². The predicted molar refractivity (Wildman–Crippen MR) is 126 cm³/mol. The molecule has 0 radical (unpaired) electrons. The molecule has 0 aliphatic rings. The van der Waals surface area contributed by atoms with Gasteiger partial charge in [0.1, 0.15) is 6.61 Å². The monoisotopic (exact) mass is 419 g/mol. The van der Waals surface area contributed by atoms with E-state index in [2.05, 4.69) is 21.3 Å². The molecule has 0 saturated carbocycles. The van der Waals surface area contributed by atoms with Gasteiger partial charge in [-0.2, -0.15) is 0 Å². The van der Waals surface area contributed by atoms with Gasteiger partial charge in [0.05, 0.1) is 0 Å². The number of carbonyl (C=O) groups is 1. The molecule has 3 aromatic rings. The molecule has 0 unspecified atom stereocenters.